The summed E-state index contributed by atoms with van der Waals surface area (Å²) in [6, 6.07) is 12.5. The molecular formula is C23H24N6. The van der Waals surface area contributed by atoms with Crippen LogP contribution in [0.25, 0.3) is 22.2 Å². The van der Waals surface area contributed by atoms with Gasteiger partial charge in [-0.1, -0.05) is 0 Å². The van der Waals surface area contributed by atoms with Crippen LogP contribution in [0.5, 0.6) is 0 Å². The van der Waals surface area contributed by atoms with Crippen molar-refractivity contribution in [3.05, 3.63) is 72.4 Å². The monoisotopic (exact) mass is 384 g/mol. The smallest absolute Gasteiger partial charge is 0.138 e. The third-order valence-corrected chi connectivity index (χ3v) is 5.63. The van der Waals surface area contributed by atoms with Crippen LogP contribution in [0.15, 0.2) is 61.2 Å². The number of aromatic nitrogens is 4. The summed E-state index contributed by atoms with van der Waals surface area (Å²) in [5.74, 6) is 1.44. The van der Waals surface area contributed by atoms with Crippen molar-refractivity contribution in [1.82, 2.24) is 25.3 Å². The lowest BCUT2D eigenvalue weighted by atomic mass is 9.94. The molecule has 1 fully saturated rings. The Labute approximate surface area is 169 Å². The maximum absolute atomic E-state index is 4.61. The lowest BCUT2D eigenvalue weighted by Crippen LogP contribution is -2.26. The predicted molar refractivity (Wildman–Crippen MR) is 116 cm³/mol. The van der Waals surface area contributed by atoms with Gasteiger partial charge in [-0.25, -0.2) is 9.97 Å². The van der Waals surface area contributed by atoms with Crippen LogP contribution in [0, 0.1) is 0 Å². The van der Waals surface area contributed by atoms with Gasteiger partial charge in [-0.05, 0) is 73.5 Å². The first-order valence-corrected chi connectivity index (χ1v) is 10.1. The average molecular weight is 384 g/mol. The molecule has 5 rings (SSSR count). The first-order valence-electron chi connectivity index (χ1n) is 10.1. The topological polar surface area (TPSA) is 78.5 Å². The van der Waals surface area contributed by atoms with Gasteiger partial charge in [0, 0.05) is 53.9 Å². The molecule has 146 valence electrons. The number of anilines is 1. The molecule has 3 N–H and O–H groups in total. The van der Waals surface area contributed by atoms with E-state index in [1.807, 2.05) is 30.6 Å². The molecule has 6 nitrogen and oxygen atoms in total. The molecule has 29 heavy (non-hydrogen) atoms. The van der Waals surface area contributed by atoms with Crippen molar-refractivity contribution < 1.29 is 0 Å². The zero-order chi connectivity index (χ0) is 19.5. The molecular weight excluding hydrogens is 360 g/mol. The molecule has 0 radical (unpaired) electrons. The minimum atomic E-state index is 0.580. The second kappa shape index (κ2) is 8.01. The van der Waals surface area contributed by atoms with E-state index in [0.29, 0.717) is 5.92 Å². The Kier molecular flexibility index (Phi) is 4.92. The van der Waals surface area contributed by atoms with Crippen molar-refractivity contribution in [3.63, 3.8) is 0 Å². The molecule has 4 aromatic rings. The molecule has 0 atom stereocenters. The number of aromatic amines is 1. The number of nitrogens with zero attached hydrogens (tertiary/aromatic N) is 3. The molecule has 0 spiro atoms. The number of H-pyrrole nitrogens is 1. The Morgan fingerprint density at radius 1 is 0.966 bits per heavy atom. The molecule has 1 aliphatic rings. The van der Waals surface area contributed by atoms with Gasteiger partial charge in [0.25, 0.3) is 0 Å². The molecule has 5 heterocycles. The summed E-state index contributed by atoms with van der Waals surface area (Å²) in [5.41, 5.74) is 5.70. The predicted octanol–water partition coefficient (Wildman–Crippen LogP) is 4.10. The summed E-state index contributed by atoms with van der Waals surface area (Å²) in [7, 11) is 0. The van der Waals surface area contributed by atoms with Crippen molar-refractivity contribution in [2.24, 2.45) is 0 Å². The quantitative estimate of drug-likeness (QED) is 0.483. The molecule has 6 heteroatoms. The third-order valence-electron chi connectivity index (χ3n) is 5.63. The van der Waals surface area contributed by atoms with Crippen LogP contribution in [0.4, 0.5) is 5.82 Å². The summed E-state index contributed by atoms with van der Waals surface area (Å²) < 4.78 is 0. The fourth-order valence-corrected chi connectivity index (χ4v) is 4.00. The number of piperidine rings is 1. The van der Waals surface area contributed by atoms with Gasteiger partial charge in [-0.2, -0.15) is 0 Å². The normalized spacial score (nSPS) is 14.9. The van der Waals surface area contributed by atoms with Gasteiger partial charge in [0.15, 0.2) is 0 Å². The van der Waals surface area contributed by atoms with Gasteiger partial charge in [-0.3, -0.25) is 4.98 Å². The Morgan fingerprint density at radius 2 is 1.83 bits per heavy atom. The van der Waals surface area contributed by atoms with Gasteiger partial charge >= 0.3 is 0 Å². The van der Waals surface area contributed by atoms with Crippen LogP contribution < -0.4 is 10.6 Å². The molecule has 0 aromatic carbocycles. The van der Waals surface area contributed by atoms with E-state index in [-0.39, 0.29) is 0 Å². The highest BCUT2D eigenvalue weighted by molar-refractivity contribution is 5.93. The number of pyridine rings is 3. The lowest BCUT2D eigenvalue weighted by Gasteiger charge is -2.21. The summed E-state index contributed by atoms with van der Waals surface area (Å²) in [6.45, 7) is 2.89. The van der Waals surface area contributed by atoms with Crippen molar-refractivity contribution >= 4 is 16.9 Å². The standard InChI is InChI=1S/C23H24N6/c1-2-22(27-14-16-3-8-24-9-4-16)28-15-18(1)19-7-12-26-23-20(19)13-21(29-23)17-5-10-25-11-6-17/h1-4,7-9,12-13,15,17,25H,5-6,10-11,14H2,(H,26,29)(H,27,28). The molecule has 0 bridgehead atoms. The van der Waals surface area contributed by atoms with Gasteiger partial charge in [0.1, 0.15) is 11.5 Å². The van der Waals surface area contributed by atoms with Gasteiger partial charge in [0.2, 0.25) is 0 Å². The van der Waals surface area contributed by atoms with Gasteiger partial charge < -0.3 is 15.6 Å². The summed E-state index contributed by atoms with van der Waals surface area (Å²) >= 11 is 0. The lowest BCUT2D eigenvalue weighted by molar-refractivity contribution is 0.455. The number of nitrogens with one attached hydrogen (secondary N) is 3. The van der Waals surface area contributed by atoms with Gasteiger partial charge in [0.05, 0.1) is 0 Å². The van der Waals surface area contributed by atoms with Crippen molar-refractivity contribution in [2.75, 3.05) is 18.4 Å². The van der Waals surface area contributed by atoms with Crippen LogP contribution in [0.2, 0.25) is 0 Å². The van der Waals surface area contributed by atoms with Crippen molar-refractivity contribution in [3.8, 4) is 11.1 Å². The second-order valence-electron chi connectivity index (χ2n) is 7.51. The number of rotatable bonds is 5. The van der Waals surface area contributed by atoms with Crippen LogP contribution >= 0.6 is 0 Å². The maximum atomic E-state index is 4.61. The molecule has 0 aliphatic carbocycles. The minimum Gasteiger partial charge on any atom is -0.366 e. The van der Waals surface area contributed by atoms with Crippen LogP contribution in [-0.2, 0) is 6.54 Å². The molecule has 0 saturated carbocycles. The summed E-state index contributed by atoms with van der Waals surface area (Å²) in [4.78, 5) is 16.8. The SMILES string of the molecule is c1cc(CNc2ccc(-c3ccnc4[nH]c(C5CCNCC5)cc34)cn2)ccn1. The summed E-state index contributed by atoms with van der Waals surface area (Å²) in [6.07, 6.45) is 9.74. The molecule has 0 unspecified atom stereocenters. The first kappa shape index (κ1) is 17.8. The Morgan fingerprint density at radius 3 is 2.62 bits per heavy atom. The van der Waals surface area contributed by atoms with E-state index in [1.54, 1.807) is 12.4 Å². The second-order valence-corrected chi connectivity index (χ2v) is 7.51. The molecule has 1 saturated heterocycles. The average Bonchev–Trinajstić information content (AvgIpc) is 3.24. The van der Waals surface area contributed by atoms with E-state index < -0.39 is 0 Å². The molecule has 1 aliphatic heterocycles. The highest BCUT2D eigenvalue weighted by atomic mass is 15.0. The van der Waals surface area contributed by atoms with Gasteiger partial charge in [-0.15, -0.1) is 0 Å². The Hall–Kier alpha value is -3.25. The fourth-order valence-electron chi connectivity index (χ4n) is 4.00. The van der Waals surface area contributed by atoms with E-state index in [1.165, 1.54) is 35.0 Å². The largest absolute Gasteiger partial charge is 0.366 e. The number of fused-ring (bicyclic) bond motifs is 1. The molecule has 4 aromatic heterocycles. The number of hydrogen-bond donors (Lipinski definition) is 3. The van der Waals surface area contributed by atoms with E-state index in [2.05, 4.69) is 48.8 Å². The number of hydrogen-bond acceptors (Lipinski definition) is 5. The van der Waals surface area contributed by atoms with Crippen LogP contribution in [-0.4, -0.2) is 33.0 Å². The van der Waals surface area contributed by atoms with E-state index >= 15 is 0 Å². The zero-order valence-corrected chi connectivity index (χ0v) is 16.2. The maximum Gasteiger partial charge on any atom is 0.138 e. The highest BCUT2D eigenvalue weighted by Crippen LogP contribution is 2.32. The third kappa shape index (κ3) is 3.84. The fraction of sp³-hybridized carbons (Fsp3) is 0.261. The molecule has 0 amide bonds. The minimum absolute atomic E-state index is 0.580. The zero-order valence-electron chi connectivity index (χ0n) is 16.2. The highest BCUT2D eigenvalue weighted by Gasteiger charge is 2.18. The van der Waals surface area contributed by atoms with Crippen LogP contribution in [0.1, 0.15) is 30.0 Å². The first-order chi connectivity index (χ1) is 14.4. The van der Waals surface area contributed by atoms with E-state index in [4.69, 9.17) is 0 Å². The van der Waals surface area contributed by atoms with E-state index in [9.17, 15) is 0 Å². The Bertz CT molecular complexity index is 1080. The van der Waals surface area contributed by atoms with E-state index in [0.717, 1.165) is 36.7 Å². The van der Waals surface area contributed by atoms with Crippen molar-refractivity contribution in [2.45, 2.75) is 25.3 Å². The Balaban J connectivity index is 1.37. The van der Waals surface area contributed by atoms with Crippen LogP contribution in [0.3, 0.4) is 0 Å². The summed E-state index contributed by atoms with van der Waals surface area (Å²) in [5, 5.41) is 7.96. The van der Waals surface area contributed by atoms with Crippen molar-refractivity contribution in [1.29, 1.82) is 0 Å².